The fourth-order valence-electron chi connectivity index (χ4n) is 2.74. The van der Waals surface area contributed by atoms with E-state index in [1.165, 1.54) is 29.4 Å². The number of hydrogen-bond acceptors (Lipinski definition) is 2. The lowest BCUT2D eigenvalue weighted by Gasteiger charge is -2.22. The third-order valence-electron chi connectivity index (χ3n) is 3.99. The van der Waals surface area contributed by atoms with Crippen molar-refractivity contribution in [3.63, 3.8) is 0 Å². The number of carbonyl (C=O) groups is 1. The van der Waals surface area contributed by atoms with Crippen LogP contribution in [-0.2, 0) is 10.2 Å². The molecule has 0 saturated carbocycles. The lowest BCUT2D eigenvalue weighted by atomic mass is 9.82. The Hall–Kier alpha value is -2.09. The Balaban J connectivity index is 2.47. The molecule has 0 fully saturated rings. The lowest BCUT2D eigenvalue weighted by molar-refractivity contribution is 0.0601. The SMILES string of the molecule is COC(=O)c1ccc(-c2c(C)cc(C(C)(C)C)cc2C)cc1. The van der Waals surface area contributed by atoms with E-state index in [-0.39, 0.29) is 11.4 Å². The molecule has 0 atom stereocenters. The van der Waals surface area contributed by atoms with Crippen LogP contribution in [0, 0.1) is 13.8 Å². The summed E-state index contributed by atoms with van der Waals surface area (Å²) >= 11 is 0. The minimum absolute atomic E-state index is 0.142. The average Bonchev–Trinajstić information content (AvgIpc) is 2.45. The van der Waals surface area contributed by atoms with Crippen LogP contribution in [-0.4, -0.2) is 13.1 Å². The molecule has 0 aromatic heterocycles. The summed E-state index contributed by atoms with van der Waals surface area (Å²) in [6.45, 7) is 11.0. The molecule has 22 heavy (non-hydrogen) atoms. The smallest absolute Gasteiger partial charge is 0.337 e. The van der Waals surface area contributed by atoms with Crippen molar-refractivity contribution in [3.8, 4) is 11.1 Å². The summed E-state index contributed by atoms with van der Waals surface area (Å²) in [6, 6.07) is 12.1. The number of hydrogen-bond donors (Lipinski definition) is 0. The van der Waals surface area contributed by atoms with E-state index in [9.17, 15) is 4.79 Å². The Morgan fingerprint density at radius 2 is 1.45 bits per heavy atom. The van der Waals surface area contributed by atoms with Crippen LogP contribution < -0.4 is 0 Å². The van der Waals surface area contributed by atoms with Crippen LogP contribution in [0.2, 0.25) is 0 Å². The molecule has 0 saturated heterocycles. The number of benzene rings is 2. The van der Waals surface area contributed by atoms with Gasteiger partial charge >= 0.3 is 5.97 Å². The Kier molecular flexibility index (Phi) is 4.41. The molecule has 0 N–H and O–H groups in total. The number of ether oxygens (including phenoxy) is 1. The zero-order valence-electron chi connectivity index (χ0n) is 14.3. The van der Waals surface area contributed by atoms with E-state index in [0.29, 0.717) is 5.56 Å². The van der Waals surface area contributed by atoms with E-state index in [0.717, 1.165) is 5.56 Å². The van der Waals surface area contributed by atoms with E-state index in [4.69, 9.17) is 4.74 Å². The van der Waals surface area contributed by atoms with Crippen molar-refractivity contribution >= 4 is 5.97 Å². The van der Waals surface area contributed by atoms with Crippen molar-refractivity contribution < 1.29 is 9.53 Å². The van der Waals surface area contributed by atoms with Crippen LogP contribution >= 0.6 is 0 Å². The predicted octanol–water partition coefficient (Wildman–Crippen LogP) is 5.05. The maximum Gasteiger partial charge on any atom is 0.337 e. The highest BCUT2D eigenvalue weighted by molar-refractivity contribution is 5.90. The maximum absolute atomic E-state index is 11.5. The second-order valence-electron chi connectivity index (χ2n) is 6.80. The van der Waals surface area contributed by atoms with Gasteiger partial charge in [0.15, 0.2) is 0 Å². The molecule has 116 valence electrons. The standard InChI is InChI=1S/C20H24O2/c1-13-11-17(20(3,4)5)12-14(2)18(13)15-7-9-16(10-8-15)19(21)22-6/h7-12H,1-6H3. The van der Waals surface area contributed by atoms with Gasteiger partial charge in [-0.15, -0.1) is 0 Å². The first-order valence-electron chi connectivity index (χ1n) is 7.54. The Morgan fingerprint density at radius 3 is 1.86 bits per heavy atom. The van der Waals surface area contributed by atoms with E-state index in [1.807, 2.05) is 24.3 Å². The molecule has 2 rings (SSSR count). The topological polar surface area (TPSA) is 26.3 Å². The summed E-state index contributed by atoms with van der Waals surface area (Å²) < 4.78 is 4.74. The minimum atomic E-state index is -0.303. The van der Waals surface area contributed by atoms with Crippen LogP contribution in [0.4, 0.5) is 0 Å². The summed E-state index contributed by atoms with van der Waals surface area (Å²) in [7, 11) is 1.40. The second kappa shape index (κ2) is 5.96. The molecular weight excluding hydrogens is 272 g/mol. The molecule has 0 spiro atoms. The van der Waals surface area contributed by atoms with E-state index in [1.54, 1.807) is 0 Å². The first kappa shape index (κ1) is 16.3. The maximum atomic E-state index is 11.5. The lowest BCUT2D eigenvalue weighted by Crippen LogP contribution is -2.12. The highest BCUT2D eigenvalue weighted by Crippen LogP contribution is 2.32. The zero-order chi connectivity index (χ0) is 16.5. The van der Waals surface area contributed by atoms with Crippen molar-refractivity contribution in [2.75, 3.05) is 7.11 Å². The molecule has 0 aliphatic carbocycles. The average molecular weight is 296 g/mol. The number of carbonyl (C=O) groups excluding carboxylic acids is 1. The molecule has 0 aliphatic rings. The summed E-state index contributed by atoms with van der Waals surface area (Å²) in [6.07, 6.45) is 0. The molecular formula is C20H24O2. The zero-order valence-corrected chi connectivity index (χ0v) is 14.3. The number of esters is 1. The summed E-state index contributed by atoms with van der Waals surface area (Å²) in [4.78, 5) is 11.5. The molecule has 0 amide bonds. The van der Waals surface area contributed by atoms with Crippen LogP contribution in [0.1, 0.15) is 47.8 Å². The summed E-state index contributed by atoms with van der Waals surface area (Å²) in [5, 5.41) is 0. The summed E-state index contributed by atoms with van der Waals surface area (Å²) in [5.74, 6) is -0.303. The second-order valence-corrected chi connectivity index (χ2v) is 6.80. The summed E-state index contributed by atoms with van der Waals surface area (Å²) in [5.41, 5.74) is 6.95. The van der Waals surface area contributed by atoms with Gasteiger partial charge in [0.1, 0.15) is 0 Å². The van der Waals surface area contributed by atoms with Gasteiger partial charge in [-0.1, -0.05) is 45.0 Å². The van der Waals surface area contributed by atoms with Crippen molar-refractivity contribution in [1.29, 1.82) is 0 Å². The number of aryl methyl sites for hydroxylation is 2. The number of rotatable bonds is 2. The highest BCUT2D eigenvalue weighted by atomic mass is 16.5. The fraction of sp³-hybridized carbons (Fsp3) is 0.350. The van der Waals surface area contributed by atoms with Gasteiger partial charge < -0.3 is 4.74 Å². The molecule has 2 aromatic rings. The fourth-order valence-corrected chi connectivity index (χ4v) is 2.74. The number of methoxy groups -OCH3 is 1. The van der Waals surface area contributed by atoms with Gasteiger partial charge in [0.05, 0.1) is 12.7 Å². The van der Waals surface area contributed by atoms with Crippen LogP contribution in [0.25, 0.3) is 11.1 Å². The molecule has 2 aromatic carbocycles. The molecule has 2 heteroatoms. The molecule has 0 unspecified atom stereocenters. The molecule has 0 aliphatic heterocycles. The van der Waals surface area contributed by atoms with E-state index < -0.39 is 0 Å². The monoisotopic (exact) mass is 296 g/mol. The van der Waals surface area contributed by atoms with E-state index >= 15 is 0 Å². The highest BCUT2D eigenvalue weighted by Gasteiger charge is 2.17. The molecule has 2 nitrogen and oxygen atoms in total. The van der Waals surface area contributed by atoms with Gasteiger partial charge in [-0.2, -0.15) is 0 Å². The van der Waals surface area contributed by atoms with Crippen molar-refractivity contribution in [2.45, 2.75) is 40.0 Å². The van der Waals surface area contributed by atoms with Gasteiger partial charge in [-0.3, -0.25) is 0 Å². The van der Waals surface area contributed by atoms with Crippen molar-refractivity contribution in [2.24, 2.45) is 0 Å². The third-order valence-corrected chi connectivity index (χ3v) is 3.99. The van der Waals surface area contributed by atoms with Gasteiger partial charge in [0.25, 0.3) is 0 Å². The quantitative estimate of drug-likeness (QED) is 0.724. The van der Waals surface area contributed by atoms with Gasteiger partial charge in [0, 0.05) is 0 Å². The Bertz CT molecular complexity index is 666. The molecule has 0 radical (unpaired) electrons. The predicted molar refractivity (Wildman–Crippen MR) is 91.4 cm³/mol. The Morgan fingerprint density at radius 1 is 0.955 bits per heavy atom. The molecule has 0 bridgehead atoms. The first-order valence-corrected chi connectivity index (χ1v) is 7.54. The van der Waals surface area contributed by atoms with Gasteiger partial charge in [-0.05, 0) is 59.2 Å². The van der Waals surface area contributed by atoms with Crippen LogP contribution in [0.15, 0.2) is 36.4 Å². The first-order chi connectivity index (χ1) is 10.2. The van der Waals surface area contributed by atoms with Gasteiger partial charge in [-0.25, -0.2) is 4.79 Å². The van der Waals surface area contributed by atoms with Gasteiger partial charge in [0.2, 0.25) is 0 Å². The Labute approximate surface area is 133 Å². The molecule has 0 heterocycles. The van der Waals surface area contributed by atoms with E-state index in [2.05, 4.69) is 46.8 Å². The van der Waals surface area contributed by atoms with Crippen molar-refractivity contribution in [3.05, 3.63) is 58.7 Å². The largest absolute Gasteiger partial charge is 0.465 e. The normalized spacial score (nSPS) is 11.4. The van der Waals surface area contributed by atoms with Crippen molar-refractivity contribution in [1.82, 2.24) is 0 Å². The van der Waals surface area contributed by atoms with Crippen LogP contribution in [0.3, 0.4) is 0 Å². The van der Waals surface area contributed by atoms with Crippen LogP contribution in [0.5, 0.6) is 0 Å². The minimum Gasteiger partial charge on any atom is -0.465 e. The third kappa shape index (κ3) is 3.22.